The highest BCUT2D eigenvalue weighted by atomic mass is 79.9. The van der Waals surface area contributed by atoms with E-state index in [4.69, 9.17) is 15.2 Å². The molecule has 1 amide bonds. The van der Waals surface area contributed by atoms with E-state index in [-0.39, 0.29) is 0 Å². The van der Waals surface area contributed by atoms with Gasteiger partial charge in [-0.05, 0) is 42.5 Å². The summed E-state index contributed by atoms with van der Waals surface area (Å²) in [6.45, 7) is 0.374. The van der Waals surface area contributed by atoms with E-state index in [9.17, 15) is 4.79 Å². The smallest absolute Gasteiger partial charge is 0.248 e. The van der Waals surface area contributed by atoms with Gasteiger partial charge in [0.05, 0.1) is 7.11 Å². The molecule has 4 nitrogen and oxygen atoms in total. The van der Waals surface area contributed by atoms with E-state index in [0.29, 0.717) is 17.9 Å². The zero-order valence-electron chi connectivity index (χ0n) is 10.9. The highest BCUT2D eigenvalue weighted by molar-refractivity contribution is 9.10. The van der Waals surface area contributed by atoms with Crippen LogP contribution in [0.3, 0.4) is 0 Å². The summed E-state index contributed by atoms with van der Waals surface area (Å²) in [7, 11) is 1.62. The fourth-order valence-corrected chi connectivity index (χ4v) is 2.14. The Morgan fingerprint density at radius 2 is 1.90 bits per heavy atom. The molecule has 0 bridgehead atoms. The van der Waals surface area contributed by atoms with Gasteiger partial charge in [0.2, 0.25) is 5.91 Å². The second-order valence-electron chi connectivity index (χ2n) is 4.13. The summed E-state index contributed by atoms with van der Waals surface area (Å²) in [4.78, 5) is 11.0. The van der Waals surface area contributed by atoms with Gasteiger partial charge in [0.1, 0.15) is 18.1 Å². The topological polar surface area (TPSA) is 61.6 Å². The van der Waals surface area contributed by atoms with Crippen LogP contribution in [0.2, 0.25) is 0 Å². The third-order valence-corrected chi connectivity index (χ3v) is 3.27. The van der Waals surface area contributed by atoms with Gasteiger partial charge in [-0.15, -0.1) is 0 Å². The first-order valence-corrected chi connectivity index (χ1v) is 6.74. The van der Waals surface area contributed by atoms with Crippen LogP contribution >= 0.6 is 15.9 Å². The summed E-state index contributed by atoms with van der Waals surface area (Å²) in [5.41, 5.74) is 6.57. The number of amides is 1. The van der Waals surface area contributed by atoms with Gasteiger partial charge in [-0.2, -0.15) is 0 Å². The van der Waals surface area contributed by atoms with Crippen LogP contribution in [0.25, 0.3) is 0 Å². The molecule has 2 N–H and O–H groups in total. The number of ether oxygens (including phenoxy) is 2. The third kappa shape index (κ3) is 3.51. The normalized spacial score (nSPS) is 10.1. The van der Waals surface area contributed by atoms with Crippen LogP contribution in [0.4, 0.5) is 0 Å². The summed E-state index contributed by atoms with van der Waals surface area (Å²) >= 11 is 3.41. The molecule has 0 fully saturated rings. The summed E-state index contributed by atoms with van der Waals surface area (Å²) in [5, 5.41) is 0. The Bertz CT molecular complexity index is 611. The van der Waals surface area contributed by atoms with Crippen molar-refractivity contribution in [3.8, 4) is 11.5 Å². The predicted molar refractivity (Wildman–Crippen MR) is 80.0 cm³/mol. The van der Waals surface area contributed by atoms with Crippen LogP contribution in [0.1, 0.15) is 15.9 Å². The fourth-order valence-electron chi connectivity index (χ4n) is 1.74. The van der Waals surface area contributed by atoms with Crippen LogP contribution in [0.15, 0.2) is 46.9 Å². The molecule has 2 rings (SSSR count). The van der Waals surface area contributed by atoms with E-state index in [1.807, 2.05) is 18.2 Å². The van der Waals surface area contributed by atoms with E-state index in [1.165, 1.54) is 0 Å². The molecule has 0 atom stereocenters. The number of hydrogen-bond donors (Lipinski definition) is 1. The number of nitrogens with two attached hydrogens (primary N) is 1. The van der Waals surface area contributed by atoms with Crippen LogP contribution < -0.4 is 15.2 Å². The Hall–Kier alpha value is -2.01. The molecular formula is C15H14BrNO3. The molecule has 104 valence electrons. The molecule has 0 heterocycles. The SMILES string of the molecule is COc1ccc(Br)cc1COc1ccc(C(N)=O)cc1. The number of halogens is 1. The number of benzene rings is 2. The Morgan fingerprint density at radius 3 is 2.50 bits per heavy atom. The Balaban J connectivity index is 2.08. The molecule has 0 aliphatic carbocycles. The van der Waals surface area contributed by atoms with Crippen molar-refractivity contribution in [1.29, 1.82) is 0 Å². The van der Waals surface area contributed by atoms with Crippen LogP contribution in [-0.2, 0) is 6.61 Å². The van der Waals surface area contributed by atoms with Crippen LogP contribution in [0.5, 0.6) is 11.5 Å². The molecule has 20 heavy (non-hydrogen) atoms. The molecule has 5 heteroatoms. The Labute approximate surface area is 125 Å². The Kier molecular flexibility index (Phi) is 4.63. The van der Waals surface area contributed by atoms with Crippen LogP contribution in [0, 0.1) is 0 Å². The van der Waals surface area contributed by atoms with Crippen LogP contribution in [-0.4, -0.2) is 13.0 Å². The number of carbonyl (C=O) groups is 1. The number of carbonyl (C=O) groups excluding carboxylic acids is 1. The molecule has 0 aliphatic rings. The summed E-state index contributed by atoms with van der Waals surface area (Å²) in [6, 6.07) is 12.4. The second kappa shape index (κ2) is 6.43. The number of hydrogen-bond acceptors (Lipinski definition) is 3. The third-order valence-electron chi connectivity index (χ3n) is 2.78. The molecule has 0 spiro atoms. The standard InChI is InChI=1S/C15H14BrNO3/c1-19-14-7-4-12(16)8-11(14)9-20-13-5-2-10(3-6-13)15(17)18/h2-8H,9H2,1H3,(H2,17,18). The summed E-state index contributed by atoms with van der Waals surface area (Å²) in [5.74, 6) is 0.976. The maximum atomic E-state index is 11.0. The molecule has 0 unspecified atom stereocenters. The zero-order chi connectivity index (χ0) is 14.5. The van der Waals surface area contributed by atoms with E-state index in [0.717, 1.165) is 15.8 Å². The quantitative estimate of drug-likeness (QED) is 0.912. The average Bonchev–Trinajstić information content (AvgIpc) is 2.45. The summed E-state index contributed by atoms with van der Waals surface area (Å²) in [6.07, 6.45) is 0. The van der Waals surface area contributed by atoms with Crippen molar-refractivity contribution in [2.75, 3.05) is 7.11 Å². The van der Waals surface area contributed by atoms with Crippen molar-refractivity contribution in [3.63, 3.8) is 0 Å². The van der Waals surface area contributed by atoms with Gasteiger partial charge in [0.15, 0.2) is 0 Å². The highest BCUT2D eigenvalue weighted by Crippen LogP contribution is 2.24. The van der Waals surface area contributed by atoms with E-state index in [1.54, 1.807) is 31.4 Å². The highest BCUT2D eigenvalue weighted by Gasteiger charge is 2.05. The maximum absolute atomic E-state index is 11.0. The lowest BCUT2D eigenvalue weighted by atomic mass is 10.2. The van der Waals surface area contributed by atoms with Gasteiger partial charge in [0.25, 0.3) is 0 Å². The van der Waals surface area contributed by atoms with Crippen molar-refractivity contribution in [1.82, 2.24) is 0 Å². The minimum Gasteiger partial charge on any atom is -0.496 e. The summed E-state index contributed by atoms with van der Waals surface area (Å²) < 4.78 is 11.9. The van der Waals surface area contributed by atoms with Gasteiger partial charge >= 0.3 is 0 Å². The van der Waals surface area contributed by atoms with Crippen molar-refractivity contribution in [3.05, 3.63) is 58.1 Å². The monoisotopic (exact) mass is 335 g/mol. The number of rotatable bonds is 5. The molecule has 0 saturated heterocycles. The minimum absolute atomic E-state index is 0.374. The predicted octanol–water partition coefficient (Wildman–Crippen LogP) is 3.14. The molecule has 0 aromatic heterocycles. The largest absolute Gasteiger partial charge is 0.496 e. The lowest BCUT2D eigenvalue weighted by Gasteiger charge is -2.11. The van der Waals surface area contributed by atoms with Crippen molar-refractivity contribution < 1.29 is 14.3 Å². The van der Waals surface area contributed by atoms with Gasteiger partial charge in [-0.3, -0.25) is 4.79 Å². The first kappa shape index (κ1) is 14.4. The first-order valence-electron chi connectivity index (χ1n) is 5.95. The average molecular weight is 336 g/mol. The lowest BCUT2D eigenvalue weighted by molar-refractivity contribution is 0.100. The molecule has 2 aromatic rings. The fraction of sp³-hybridized carbons (Fsp3) is 0.133. The maximum Gasteiger partial charge on any atom is 0.248 e. The van der Waals surface area contributed by atoms with Gasteiger partial charge in [-0.25, -0.2) is 0 Å². The van der Waals surface area contributed by atoms with E-state index < -0.39 is 5.91 Å². The van der Waals surface area contributed by atoms with Gasteiger partial charge in [0, 0.05) is 15.6 Å². The molecular weight excluding hydrogens is 322 g/mol. The molecule has 0 aliphatic heterocycles. The lowest BCUT2D eigenvalue weighted by Crippen LogP contribution is -2.10. The molecule has 0 radical (unpaired) electrons. The van der Waals surface area contributed by atoms with E-state index in [2.05, 4.69) is 15.9 Å². The molecule has 2 aromatic carbocycles. The van der Waals surface area contributed by atoms with Crippen molar-refractivity contribution >= 4 is 21.8 Å². The zero-order valence-corrected chi connectivity index (χ0v) is 12.5. The number of methoxy groups -OCH3 is 1. The first-order chi connectivity index (χ1) is 9.60. The molecule has 0 saturated carbocycles. The van der Waals surface area contributed by atoms with Crippen molar-refractivity contribution in [2.45, 2.75) is 6.61 Å². The Morgan fingerprint density at radius 1 is 1.20 bits per heavy atom. The van der Waals surface area contributed by atoms with E-state index >= 15 is 0 Å². The van der Waals surface area contributed by atoms with Crippen molar-refractivity contribution in [2.24, 2.45) is 5.73 Å². The van der Waals surface area contributed by atoms with Gasteiger partial charge < -0.3 is 15.2 Å². The number of primary amides is 1. The minimum atomic E-state index is -0.454. The second-order valence-corrected chi connectivity index (χ2v) is 5.05. The van der Waals surface area contributed by atoms with Gasteiger partial charge in [-0.1, -0.05) is 15.9 Å².